The van der Waals surface area contributed by atoms with Crippen molar-refractivity contribution < 1.29 is 8.42 Å². The number of hydrogen-bond acceptors (Lipinski definition) is 7. The van der Waals surface area contributed by atoms with Crippen LogP contribution in [0.5, 0.6) is 0 Å². The second-order valence-electron chi connectivity index (χ2n) is 8.40. The summed E-state index contributed by atoms with van der Waals surface area (Å²) in [5.74, 6) is 0.591. The number of sulfonamides is 1. The minimum atomic E-state index is -3.54. The largest absolute Gasteiger partial charge is 0.329 e. The number of rotatable bonds is 7. The van der Waals surface area contributed by atoms with E-state index < -0.39 is 10.0 Å². The van der Waals surface area contributed by atoms with Gasteiger partial charge in [-0.1, -0.05) is 13.0 Å². The van der Waals surface area contributed by atoms with Gasteiger partial charge in [-0.15, -0.1) is 11.3 Å². The lowest BCUT2D eigenvalue weighted by atomic mass is 9.97. The highest BCUT2D eigenvalue weighted by Gasteiger charge is 2.21. The molecule has 2 N–H and O–H groups in total. The molecule has 0 aromatic carbocycles. The molecule has 4 aromatic rings. The van der Waals surface area contributed by atoms with Gasteiger partial charge in [-0.25, -0.2) is 23.1 Å². The Labute approximate surface area is 202 Å². The first-order chi connectivity index (χ1) is 16.4. The van der Waals surface area contributed by atoms with Crippen molar-refractivity contribution in [3.8, 4) is 11.3 Å². The molecule has 0 radical (unpaired) electrons. The molecule has 9 nitrogen and oxygen atoms in total. The molecule has 1 aliphatic carbocycles. The molecule has 0 fully saturated rings. The van der Waals surface area contributed by atoms with Gasteiger partial charge in [0, 0.05) is 31.5 Å². The van der Waals surface area contributed by atoms with Crippen LogP contribution in [0.2, 0.25) is 0 Å². The minimum Gasteiger partial charge on any atom is -0.329 e. The lowest BCUT2D eigenvalue weighted by Gasteiger charge is -2.15. The quantitative estimate of drug-likeness (QED) is 0.389. The second kappa shape index (κ2) is 8.97. The van der Waals surface area contributed by atoms with Crippen LogP contribution in [-0.4, -0.2) is 39.1 Å². The average Bonchev–Trinajstić information content (AvgIpc) is 3.52. The van der Waals surface area contributed by atoms with Gasteiger partial charge in [0.15, 0.2) is 11.5 Å². The number of imidazole rings is 1. The van der Waals surface area contributed by atoms with Crippen LogP contribution in [-0.2, 0) is 17.1 Å². The third-order valence-electron chi connectivity index (χ3n) is 5.81. The third kappa shape index (κ3) is 4.26. The molecule has 178 valence electrons. The van der Waals surface area contributed by atoms with E-state index in [2.05, 4.69) is 26.2 Å². The summed E-state index contributed by atoms with van der Waals surface area (Å²) in [5, 5.41) is 8.36. The number of anilines is 2. The predicted octanol–water partition coefficient (Wildman–Crippen LogP) is 4.50. The van der Waals surface area contributed by atoms with Crippen molar-refractivity contribution in [3.05, 3.63) is 48.2 Å². The zero-order valence-corrected chi connectivity index (χ0v) is 21.0. The summed E-state index contributed by atoms with van der Waals surface area (Å²) in [7, 11) is -1.65. The molecule has 0 unspecified atom stereocenters. The van der Waals surface area contributed by atoms with E-state index in [0.29, 0.717) is 32.8 Å². The van der Waals surface area contributed by atoms with Crippen LogP contribution in [0.25, 0.3) is 22.5 Å². The first kappa shape index (κ1) is 22.8. The lowest BCUT2D eigenvalue weighted by Crippen LogP contribution is -2.22. The summed E-state index contributed by atoms with van der Waals surface area (Å²) in [6.07, 6.45) is 14.3. The summed E-state index contributed by atoms with van der Waals surface area (Å²) < 4.78 is 31.8. The van der Waals surface area contributed by atoms with Crippen LogP contribution >= 0.6 is 11.3 Å². The third-order valence-corrected chi connectivity index (χ3v) is 9.14. The van der Waals surface area contributed by atoms with E-state index in [-0.39, 0.29) is 0 Å². The van der Waals surface area contributed by atoms with Crippen molar-refractivity contribution in [2.24, 2.45) is 7.05 Å². The van der Waals surface area contributed by atoms with E-state index >= 15 is 0 Å². The summed E-state index contributed by atoms with van der Waals surface area (Å²) in [4.78, 5) is 9.58. The number of aryl methyl sites for hydroxylation is 2. The summed E-state index contributed by atoms with van der Waals surface area (Å²) in [6.45, 7) is 3.91. The number of hydrogen-bond donors (Lipinski definition) is 2. The van der Waals surface area contributed by atoms with Crippen LogP contribution in [0.3, 0.4) is 0 Å². The van der Waals surface area contributed by atoms with Gasteiger partial charge in [0.1, 0.15) is 4.21 Å². The molecule has 0 saturated heterocycles. The summed E-state index contributed by atoms with van der Waals surface area (Å²) in [6, 6.07) is 1.84. The Balaban J connectivity index is 1.62. The maximum atomic E-state index is 12.6. The van der Waals surface area contributed by atoms with Crippen molar-refractivity contribution in [3.63, 3.8) is 0 Å². The Morgan fingerprint density at radius 2 is 2.06 bits per heavy atom. The molecular weight excluding hydrogens is 470 g/mol. The van der Waals surface area contributed by atoms with Gasteiger partial charge >= 0.3 is 0 Å². The standard InChI is InChI=1S/C23H27N7O2S2/c1-4-26-34(31,32)23-15(2)10-20(33-23)28-21-22-24-12-19(17-11-25-29(3)13-17)30(22)14-18(27-21)16-8-6-5-7-9-16/h8,10-14,26H,4-7,9H2,1-3H3,(H,27,28). The molecule has 4 heterocycles. The van der Waals surface area contributed by atoms with Gasteiger partial charge in [0.25, 0.3) is 0 Å². The van der Waals surface area contributed by atoms with Gasteiger partial charge < -0.3 is 5.32 Å². The molecule has 0 spiro atoms. The lowest BCUT2D eigenvalue weighted by molar-refractivity contribution is 0.585. The topological polar surface area (TPSA) is 106 Å². The van der Waals surface area contributed by atoms with Crippen LogP contribution in [0.1, 0.15) is 43.9 Å². The van der Waals surface area contributed by atoms with Gasteiger partial charge in [0.2, 0.25) is 10.0 Å². The Bertz CT molecular complexity index is 1490. The Morgan fingerprint density at radius 1 is 1.21 bits per heavy atom. The fourth-order valence-electron chi connectivity index (χ4n) is 4.23. The smallest absolute Gasteiger partial charge is 0.250 e. The molecule has 0 amide bonds. The fourth-order valence-corrected chi connectivity index (χ4v) is 6.91. The van der Waals surface area contributed by atoms with E-state index in [4.69, 9.17) is 4.98 Å². The number of fused-ring (bicyclic) bond motifs is 1. The van der Waals surface area contributed by atoms with Crippen LogP contribution in [0.15, 0.2) is 41.1 Å². The zero-order chi connectivity index (χ0) is 23.9. The summed E-state index contributed by atoms with van der Waals surface area (Å²) >= 11 is 1.19. The Hall–Kier alpha value is -3.02. The minimum absolute atomic E-state index is 0.304. The van der Waals surface area contributed by atoms with Crippen molar-refractivity contribution in [2.45, 2.75) is 43.7 Å². The monoisotopic (exact) mass is 497 g/mol. The van der Waals surface area contributed by atoms with Gasteiger partial charge in [-0.05, 0) is 49.8 Å². The normalized spacial score (nSPS) is 14.5. The SMILES string of the molecule is CCNS(=O)(=O)c1sc(Nc2nc(C3=CCCCC3)cn3c(-c4cnn(C)c4)cnc23)cc1C. The maximum Gasteiger partial charge on any atom is 0.250 e. The molecule has 0 saturated carbocycles. The van der Waals surface area contributed by atoms with E-state index in [0.717, 1.165) is 36.2 Å². The highest BCUT2D eigenvalue weighted by atomic mass is 32.2. The molecule has 0 aliphatic heterocycles. The van der Waals surface area contributed by atoms with E-state index in [9.17, 15) is 8.42 Å². The van der Waals surface area contributed by atoms with Crippen molar-refractivity contribution in [1.82, 2.24) is 28.9 Å². The van der Waals surface area contributed by atoms with Crippen LogP contribution in [0.4, 0.5) is 10.8 Å². The van der Waals surface area contributed by atoms with E-state index in [1.807, 2.05) is 42.3 Å². The van der Waals surface area contributed by atoms with E-state index in [1.54, 1.807) is 18.5 Å². The maximum absolute atomic E-state index is 12.6. The molecule has 5 rings (SSSR count). The fraction of sp³-hybridized carbons (Fsp3) is 0.348. The molecule has 0 atom stereocenters. The molecule has 34 heavy (non-hydrogen) atoms. The Kier molecular flexibility index (Phi) is 6.00. The average molecular weight is 498 g/mol. The Morgan fingerprint density at radius 3 is 2.76 bits per heavy atom. The van der Waals surface area contributed by atoms with E-state index in [1.165, 1.54) is 23.3 Å². The number of nitrogens with one attached hydrogen (secondary N) is 2. The summed E-state index contributed by atoms with van der Waals surface area (Å²) in [5.41, 5.74) is 5.35. The highest BCUT2D eigenvalue weighted by Crippen LogP contribution is 2.35. The predicted molar refractivity (Wildman–Crippen MR) is 135 cm³/mol. The van der Waals surface area contributed by atoms with Crippen molar-refractivity contribution in [2.75, 3.05) is 11.9 Å². The highest BCUT2D eigenvalue weighted by molar-refractivity contribution is 7.91. The molecule has 1 aliphatic rings. The molecule has 0 bridgehead atoms. The molecule has 4 aromatic heterocycles. The first-order valence-electron chi connectivity index (χ1n) is 11.3. The zero-order valence-electron chi connectivity index (χ0n) is 19.4. The van der Waals surface area contributed by atoms with Crippen LogP contribution in [0, 0.1) is 6.92 Å². The van der Waals surface area contributed by atoms with Crippen molar-refractivity contribution in [1.29, 1.82) is 0 Å². The number of thiophene rings is 1. The molecular formula is C23H27N7O2S2. The van der Waals surface area contributed by atoms with Crippen molar-refractivity contribution >= 4 is 43.4 Å². The molecule has 11 heteroatoms. The van der Waals surface area contributed by atoms with Gasteiger partial charge in [0.05, 0.1) is 28.8 Å². The first-order valence-corrected chi connectivity index (χ1v) is 13.6. The number of allylic oxidation sites excluding steroid dienone is 2. The second-order valence-corrected chi connectivity index (χ2v) is 11.4. The van der Waals surface area contributed by atoms with Gasteiger partial charge in [-0.3, -0.25) is 9.08 Å². The van der Waals surface area contributed by atoms with Crippen LogP contribution < -0.4 is 10.0 Å². The number of nitrogens with zero attached hydrogens (tertiary/aromatic N) is 5. The number of aromatic nitrogens is 5. The van der Waals surface area contributed by atoms with Gasteiger partial charge in [-0.2, -0.15) is 5.10 Å².